The first-order valence-corrected chi connectivity index (χ1v) is 6.02. The van der Waals surface area contributed by atoms with E-state index >= 15 is 0 Å². The quantitative estimate of drug-likeness (QED) is 0.609. The van der Waals surface area contributed by atoms with Gasteiger partial charge < -0.3 is 15.4 Å². The third-order valence-corrected chi connectivity index (χ3v) is 3.02. The summed E-state index contributed by atoms with van der Waals surface area (Å²) in [6.07, 6.45) is 2.23. The van der Waals surface area contributed by atoms with Gasteiger partial charge in [-0.1, -0.05) is 6.07 Å². The lowest BCUT2D eigenvalue weighted by Crippen LogP contribution is -2.22. The Balaban J connectivity index is 1.92. The summed E-state index contributed by atoms with van der Waals surface area (Å²) in [6, 6.07) is 6.22. The highest BCUT2D eigenvalue weighted by molar-refractivity contribution is 5.64. The number of benzene rings is 1. The molecule has 2 rings (SSSR count). The van der Waals surface area contributed by atoms with E-state index in [-0.39, 0.29) is 0 Å². The smallest absolute Gasteiger partial charge is 0.0482 e. The van der Waals surface area contributed by atoms with E-state index in [0.717, 1.165) is 44.8 Å². The zero-order chi connectivity index (χ0) is 11.4. The molecule has 0 radical (unpaired) electrons. The van der Waals surface area contributed by atoms with Crippen molar-refractivity contribution in [3.63, 3.8) is 0 Å². The van der Waals surface area contributed by atoms with Gasteiger partial charge in [-0.3, -0.25) is 0 Å². The molecule has 3 heteroatoms. The Bertz CT molecular complexity index is 352. The van der Waals surface area contributed by atoms with Gasteiger partial charge in [-0.15, -0.1) is 0 Å². The highest BCUT2D eigenvalue weighted by Gasteiger charge is 2.18. The summed E-state index contributed by atoms with van der Waals surface area (Å²) in [5.74, 6) is 0. The van der Waals surface area contributed by atoms with Crippen molar-refractivity contribution in [2.24, 2.45) is 0 Å². The number of hydrogen-bond donors (Lipinski definition) is 1. The average molecular weight is 220 g/mol. The van der Waals surface area contributed by atoms with Crippen LogP contribution in [-0.4, -0.2) is 26.3 Å². The van der Waals surface area contributed by atoms with Crippen molar-refractivity contribution in [3.05, 3.63) is 23.8 Å². The molecule has 3 nitrogen and oxygen atoms in total. The molecule has 0 bridgehead atoms. The van der Waals surface area contributed by atoms with Crippen LogP contribution in [0, 0.1) is 0 Å². The standard InChI is InChI=1S/C13H20N2O/c1-2-16-9-3-7-15-8-6-11-4-5-12(14)10-13(11)15/h4-5,10H,2-3,6-9,14H2,1H3. The van der Waals surface area contributed by atoms with Crippen molar-refractivity contribution < 1.29 is 4.74 Å². The average Bonchev–Trinajstić information content (AvgIpc) is 2.67. The molecule has 16 heavy (non-hydrogen) atoms. The number of fused-ring (bicyclic) bond motifs is 1. The minimum atomic E-state index is 0.809. The molecule has 0 saturated carbocycles. The normalized spacial score (nSPS) is 14.2. The first-order chi connectivity index (χ1) is 7.81. The molecule has 1 heterocycles. The number of ether oxygens (including phenoxy) is 1. The molecule has 0 fully saturated rings. The zero-order valence-corrected chi connectivity index (χ0v) is 9.91. The first-order valence-electron chi connectivity index (χ1n) is 6.02. The van der Waals surface area contributed by atoms with E-state index in [2.05, 4.69) is 17.0 Å². The molecule has 0 aromatic heterocycles. The van der Waals surface area contributed by atoms with Crippen LogP contribution in [0.25, 0.3) is 0 Å². The summed E-state index contributed by atoms with van der Waals surface area (Å²) < 4.78 is 5.35. The molecule has 1 aliphatic rings. The predicted molar refractivity (Wildman–Crippen MR) is 67.9 cm³/mol. The molecular weight excluding hydrogens is 200 g/mol. The number of nitrogens with zero attached hydrogens (tertiary/aromatic N) is 1. The van der Waals surface area contributed by atoms with Gasteiger partial charge in [0.1, 0.15) is 0 Å². The summed E-state index contributed by atoms with van der Waals surface area (Å²) >= 11 is 0. The summed E-state index contributed by atoms with van der Waals surface area (Å²) in [4.78, 5) is 2.41. The third-order valence-electron chi connectivity index (χ3n) is 3.02. The van der Waals surface area contributed by atoms with Crippen molar-refractivity contribution >= 4 is 11.4 Å². The fraction of sp³-hybridized carbons (Fsp3) is 0.538. The summed E-state index contributed by atoms with van der Waals surface area (Å²) in [5.41, 5.74) is 9.41. The van der Waals surface area contributed by atoms with Gasteiger partial charge in [0.15, 0.2) is 0 Å². The van der Waals surface area contributed by atoms with Gasteiger partial charge in [0.25, 0.3) is 0 Å². The lowest BCUT2D eigenvalue weighted by Gasteiger charge is -2.19. The Morgan fingerprint density at radius 1 is 1.44 bits per heavy atom. The van der Waals surface area contributed by atoms with Gasteiger partial charge in [0.2, 0.25) is 0 Å². The van der Waals surface area contributed by atoms with Gasteiger partial charge >= 0.3 is 0 Å². The Morgan fingerprint density at radius 2 is 2.31 bits per heavy atom. The number of anilines is 2. The van der Waals surface area contributed by atoms with Gasteiger partial charge in [-0.2, -0.15) is 0 Å². The highest BCUT2D eigenvalue weighted by Crippen LogP contribution is 2.29. The Hall–Kier alpha value is -1.22. The Kier molecular flexibility index (Phi) is 3.67. The minimum absolute atomic E-state index is 0.809. The Morgan fingerprint density at radius 3 is 3.12 bits per heavy atom. The second-order valence-corrected chi connectivity index (χ2v) is 4.18. The zero-order valence-electron chi connectivity index (χ0n) is 9.91. The van der Waals surface area contributed by atoms with Crippen LogP contribution in [-0.2, 0) is 11.2 Å². The maximum absolute atomic E-state index is 5.82. The molecule has 0 aliphatic carbocycles. The monoisotopic (exact) mass is 220 g/mol. The van der Waals surface area contributed by atoms with Crippen LogP contribution in [0.3, 0.4) is 0 Å². The summed E-state index contributed by atoms with van der Waals surface area (Å²) in [7, 11) is 0. The van der Waals surface area contributed by atoms with Crippen LogP contribution < -0.4 is 10.6 Å². The molecule has 0 unspecified atom stereocenters. The molecule has 0 spiro atoms. The van der Waals surface area contributed by atoms with E-state index in [4.69, 9.17) is 10.5 Å². The largest absolute Gasteiger partial charge is 0.399 e. The third kappa shape index (κ3) is 2.47. The number of nitrogens with two attached hydrogens (primary N) is 1. The van der Waals surface area contributed by atoms with E-state index in [1.807, 2.05) is 13.0 Å². The van der Waals surface area contributed by atoms with Crippen molar-refractivity contribution in [1.82, 2.24) is 0 Å². The molecule has 0 amide bonds. The summed E-state index contributed by atoms with van der Waals surface area (Å²) in [6.45, 7) is 5.88. The minimum Gasteiger partial charge on any atom is -0.399 e. The topological polar surface area (TPSA) is 38.5 Å². The van der Waals surface area contributed by atoms with Crippen LogP contribution in [0.5, 0.6) is 0 Å². The molecule has 0 atom stereocenters. The van der Waals surface area contributed by atoms with E-state index in [9.17, 15) is 0 Å². The highest BCUT2D eigenvalue weighted by atomic mass is 16.5. The SMILES string of the molecule is CCOCCCN1CCc2ccc(N)cc21. The van der Waals surface area contributed by atoms with E-state index in [0.29, 0.717) is 0 Å². The van der Waals surface area contributed by atoms with Crippen LogP contribution in [0.2, 0.25) is 0 Å². The Labute approximate surface area is 97.2 Å². The number of hydrogen-bond acceptors (Lipinski definition) is 3. The maximum Gasteiger partial charge on any atom is 0.0482 e. The van der Waals surface area contributed by atoms with Crippen molar-refractivity contribution in [1.29, 1.82) is 0 Å². The van der Waals surface area contributed by atoms with Gasteiger partial charge in [-0.25, -0.2) is 0 Å². The number of rotatable bonds is 5. The van der Waals surface area contributed by atoms with Crippen molar-refractivity contribution in [3.8, 4) is 0 Å². The predicted octanol–water partition coefficient (Wildman–Crippen LogP) is 2.06. The van der Waals surface area contributed by atoms with E-state index in [1.54, 1.807) is 0 Å². The molecule has 1 aliphatic heterocycles. The van der Waals surface area contributed by atoms with E-state index < -0.39 is 0 Å². The molecule has 0 saturated heterocycles. The summed E-state index contributed by atoms with van der Waals surface area (Å²) in [5, 5.41) is 0. The maximum atomic E-state index is 5.82. The van der Waals surface area contributed by atoms with Gasteiger partial charge in [-0.05, 0) is 37.5 Å². The second-order valence-electron chi connectivity index (χ2n) is 4.18. The van der Waals surface area contributed by atoms with Crippen molar-refractivity contribution in [2.75, 3.05) is 36.9 Å². The van der Waals surface area contributed by atoms with Gasteiger partial charge in [0, 0.05) is 37.7 Å². The first kappa shape index (κ1) is 11.3. The van der Waals surface area contributed by atoms with Crippen LogP contribution >= 0.6 is 0 Å². The van der Waals surface area contributed by atoms with Gasteiger partial charge in [0.05, 0.1) is 0 Å². The lowest BCUT2D eigenvalue weighted by atomic mass is 10.1. The number of nitrogen functional groups attached to an aromatic ring is 1. The van der Waals surface area contributed by atoms with Crippen molar-refractivity contribution in [2.45, 2.75) is 19.8 Å². The molecular formula is C13H20N2O. The molecule has 88 valence electrons. The second kappa shape index (κ2) is 5.21. The van der Waals surface area contributed by atoms with Crippen LogP contribution in [0.4, 0.5) is 11.4 Å². The lowest BCUT2D eigenvalue weighted by molar-refractivity contribution is 0.146. The molecule has 1 aromatic carbocycles. The molecule has 1 aromatic rings. The molecule has 2 N–H and O–H groups in total. The fourth-order valence-electron chi connectivity index (χ4n) is 2.20. The van der Waals surface area contributed by atoms with Crippen LogP contribution in [0.1, 0.15) is 18.9 Å². The fourth-order valence-corrected chi connectivity index (χ4v) is 2.20. The van der Waals surface area contributed by atoms with Crippen LogP contribution in [0.15, 0.2) is 18.2 Å². The van der Waals surface area contributed by atoms with E-state index in [1.165, 1.54) is 11.3 Å².